The van der Waals surface area contributed by atoms with Gasteiger partial charge in [0.05, 0.1) is 6.10 Å². The van der Waals surface area contributed by atoms with Crippen molar-refractivity contribution >= 4 is 0 Å². The molecule has 0 heterocycles. The number of rotatable bonds is 4. The highest BCUT2D eigenvalue weighted by Gasteiger charge is 2.00. The van der Waals surface area contributed by atoms with Crippen molar-refractivity contribution in [2.75, 3.05) is 0 Å². The normalized spacial score (nSPS) is 12.5. The van der Waals surface area contributed by atoms with E-state index in [1.54, 1.807) is 0 Å². The maximum Gasteiger partial charge on any atom is 0.119 e. The molecule has 0 saturated heterocycles. The molecule has 0 aliphatic heterocycles. The summed E-state index contributed by atoms with van der Waals surface area (Å²) in [6, 6.07) is 8.32. The van der Waals surface area contributed by atoms with Crippen molar-refractivity contribution in [3.05, 3.63) is 29.8 Å². The average molecular weight is 178 g/mol. The molecule has 1 nitrogen and oxygen atoms in total. The predicted molar refractivity (Wildman–Crippen MR) is 56.2 cm³/mol. The molecule has 0 aliphatic rings. The Balaban J connectivity index is 2.66. The van der Waals surface area contributed by atoms with Gasteiger partial charge in [0, 0.05) is 0 Å². The number of benzene rings is 1. The highest BCUT2D eigenvalue weighted by atomic mass is 16.5. The smallest absolute Gasteiger partial charge is 0.119 e. The van der Waals surface area contributed by atoms with Crippen molar-refractivity contribution in [3.8, 4) is 5.75 Å². The molecule has 0 aromatic heterocycles. The van der Waals surface area contributed by atoms with E-state index >= 15 is 0 Å². The van der Waals surface area contributed by atoms with Crippen LogP contribution in [0.4, 0.5) is 0 Å². The van der Waals surface area contributed by atoms with Gasteiger partial charge in [-0.25, -0.2) is 0 Å². The highest BCUT2D eigenvalue weighted by Crippen LogP contribution is 2.15. The zero-order valence-electron chi connectivity index (χ0n) is 8.71. The first-order chi connectivity index (χ1) is 6.26. The van der Waals surface area contributed by atoms with Crippen molar-refractivity contribution in [3.63, 3.8) is 0 Å². The van der Waals surface area contributed by atoms with Crippen LogP contribution in [-0.4, -0.2) is 6.10 Å². The summed E-state index contributed by atoms with van der Waals surface area (Å²) >= 11 is 0. The van der Waals surface area contributed by atoms with E-state index in [9.17, 15) is 0 Å². The van der Waals surface area contributed by atoms with Crippen molar-refractivity contribution in [1.29, 1.82) is 0 Å². The van der Waals surface area contributed by atoms with Gasteiger partial charge in [-0.2, -0.15) is 0 Å². The third kappa shape index (κ3) is 3.10. The maximum absolute atomic E-state index is 5.71. The van der Waals surface area contributed by atoms with Gasteiger partial charge in [-0.1, -0.05) is 26.0 Å². The molecule has 0 unspecified atom stereocenters. The summed E-state index contributed by atoms with van der Waals surface area (Å²) in [5.41, 5.74) is 1.33. The highest BCUT2D eigenvalue weighted by molar-refractivity contribution is 5.28. The van der Waals surface area contributed by atoms with Gasteiger partial charge >= 0.3 is 0 Å². The molecule has 0 N–H and O–H groups in total. The van der Waals surface area contributed by atoms with E-state index in [2.05, 4.69) is 39.0 Å². The lowest BCUT2D eigenvalue weighted by atomic mass is 10.2. The van der Waals surface area contributed by atoms with Gasteiger partial charge in [0.2, 0.25) is 0 Å². The van der Waals surface area contributed by atoms with Crippen LogP contribution in [-0.2, 0) is 6.42 Å². The summed E-state index contributed by atoms with van der Waals surface area (Å²) in [5.74, 6) is 0.994. The number of aryl methyl sites for hydroxylation is 1. The molecule has 72 valence electrons. The molecule has 1 atom stereocenters. The minimum absolute atomic E-state index is 0.312. The molecule has 0 amide bonds. The van der Waals surface area contributed by atoms with Gasteiger partial charge in [0.25, 0.3) is 0 Å². The molecule has 1 aromatic rings. The van der Waals surface area contributed by atoms with Crippen LogP contribution in [0.3, 0.4) is 0 Å². The maximum atomic E-state index is 5.71. The van der Waals surface area contributed by atoms with Crippen LogP contribution in [0.25, 0.3) is 0 Å². The van der Waals surface area contributed by atoms with Crippen LogP contribution in [0.15, 0.2) is 24.3 Å². The zero-order valence-corrected chi connectivity index (χ0v) is 8.71. The fourth-order valence-electron chi connectivity index (χ4n) is 1.15. The first-order valence-corrected chi connectivity index (χ1v) is 5.01. The van der Waals surface area contributed by atoms with Crippen molar-refractivity contribution in [2.24, 2.45) is 0 Å². The standard InChI is InChI=1S/C12H18O/c1-4-10(3)13-12-8-6-7-11(5-2)9-12/h6-10H,4-5H2,1-3H3/t10-/m1/s1. The Kier molecular flexibility index (Phi) is 3.81. The average Bonchev–Trinajstić information content (AvgIpc) is 2.18. The first kappa shape index (κ1) is 10.1. The molecule has 1 heteroatoms. The third-order valence-corrected chi connectivity index (χ3v) is 2.22. The van der Waals surface area contributed by atoms with Crippen LogP contribution in [0, 0.1) is 0 Å². The Hall–Kier alpha value is -0.980. The number of hydrogen-bond acceptors (Lipinski definition) is 1. The van der Waals surface area contributed by atoms with E-state index in [0.717, 1.165) is 18.6 Å². The van der Waals surface area contributed by atoms with Crippen molar-refractivity contribution in [2.45, 2.75) is 39.7 Å². The third-order valence-electron chi connectivity index (χ3n) is 2.22. The van der Waals surface area contributed by atoms with E-state index in [4.69, 9.17) is 4.74 Å². The molecule has 1 rings (SSSR count). The fraction of sp³-hybridized carbons (Fsp3) is 0.500. The van der Waals surface area contributed by atoms with E-state index in [-0.39, 0.29) is 0 Å². The number of hydrogen-bond donors (Lipinski definition) is 0. The van der Waals surface area contributed by atoms with E-state index in [1.165, 1.54) is 5.56 Å². The quantitative estimate of drug-likeness (QED) is 0.686. The second-order valence-corrected chi connectivity index (χ2v) is 3.34. The monoisotopic (exact) mass is 178 g/mol. The van der Waals surface area contributed by atoms with Gasteiger partial charge in [0.1, 0.15) is 5.75 Å². The van der Waals surface area contributed by atoms with Gasteiger partial charge in [-0.15, -0.1) is 0 Å². The molecule has 13 heavy (non-hydrogen) atoms. The molecule has 0 spiro atoms. The second-order valence-electron chi connectivity index (χ2n) is 3.34. The van der Waals surface area contributed by atoms with E-state index in [1.807, 2.05) is 6.07 Å². The summed E-state index contributed by atoms with van der Waals surface area (Å²) < 4.78 is 5.71. The Labute approximate surface area is 80.7 Å². The molecular formula is C12H18O. The molecule has 0 aliphatic carbocycles. The van der Waals surface area contributed by atoms with Gasteiger partial charge in [-0.3, -0.25) is 0 Å². The topological polar surface area (TPSA) is 9.23 Å². The van der Waals surface area contributed by atoms with E-state index in [0.29, 0.717) is 6.10 Å². The summed E-state index contributed by atoms with van der Waals surface area (Å²) in [6.45, 7) is 6.38. The molecule has 0 radical (unpaired) electrons. The van der Waals surface area contributed by atoms with Crippen LogP contribution < -0.4 is 4.74 Å². The molecular weight excluding hydrogens is 160 g/mol. The minimum atomic E-state index is 0.312. The zero-order chi connectivity index (χ0) is 9.68. The lowest BCUT2D eigenvalue weighted by Crippen LogP contribution is -2.09. The van der Waals surface area contributed by atoms with Gasteiger partial charge < -0.3 is 4.74 Å². The van der Waals surface area contributed by atoms with Crippen LogP contribution in [0.2, 0.25) is 0 Å². The summed E-state index contributed by atoms with van der Waals surface area (Å²) in [7, 11) is 0. The lowest BCUT2D eigenvalue weighted by molar-refractivity contribution is 0.217. The SMILES string of the molecule is CCc1cccc(O[C@H](C)CC)c1. The van der Waals surface area contributed by atoms with Crippen LogP contribution >= 0.6 is 0 Å². The Bertz CT molecular complexity index is 255. The largest absolute Gasteiger partial charge is 0.491 e. The van der Waals surface area contributed by atoms with E-state index < -0.39 is 0 Å². The predicted octanol–water partition coefficient (Wildman–Crippen LogP) is 3.43. The van der Waals surface area contributed by atoms with Crippen LogP contribution in [0.1, 0.15) is 32.8 Å². The molecule has 0 fully saturated rings. The number of ether oxygens (including phenoxy) is 1. The Morgan fingerprint density at radius 2 is 2.08 bits per heavy atom. The Morgan fingerprint density at radius 3 is 2.69 bits per heavy atom. The lowest BCUT2D eigenvalue weighted by Gasteiger charge is -2.12. The van der Waals surface area contributed by atoms with Gasteiger partial charge in [-0.05, 0) is 37.5 Å². The summed E-state index contributed by atoms with van der Waals surface area (Å²) in [5, 5.41) is 0. The Morgan fingerprint density at radius 1 is 1.31 bits per heavy atom. The minimum Gasteiger partial charge on any atom is -0.491 e. The van der Waals surface area contributed by atoms with Gasteiger partial charge in [0.15, 0.2) is 0 Å². The second kappa shape index (κ2) is 4.90. The van der Waals surface area contributed by atoms with Crippen LogP contribution in [0.5, 0.6) is 5.75 Å². The summed E-state index contributed by atoms with van der Waals surface area (Å²) in [6.07, 6.45) is 2.43. The molecule has 0 bridgehead atoms. The van der Waals surface area contributed by atoms with Crippen molar-refractivity contribution in [1.82, 2.24) is 0 Å². The fourth-order valence-corrected chi connectivity index (χ4v) is 1.15. The summed E-state index contributed by atoms with van der Waals surface area (Å²) in [4.78, 5) is 0. The molecule has 0 saturated carbocycles. The first-order valence-electron chi connectivity index (χ1n) is 5.01. The molecule has 1 aromatic carbocycles. The van der Waals surface area contributed by atoms with Crippen molar-refractivity contribution < 1.29 is 4.74 Å².